The van der Waals surface area contributed by atoms with Crippen LogP contribution in [0.3, 0.4) is 0 Å². The number of carbonyl (C=O) groups excluding carboxylic acids is 1. The molecular weight excluding hydrogens is 328 g/mol. The van der Waals surface area contributed by atoms with Crippen molar-refractivity contribution < 1.29 is 14.3 Å². The Bertz CT molecular complexity index is 796. The van der Waals surface area contributed by atoms with Crippen LogP contribution in [0, 0.1) is 0 Å². The van der Waals surface area contributed by atoms with Crippen molar-refractivity contribution in [3.05, 3.63) is 24.4 Å². The number of benzene rings is 1. The first-order valence-corrected chi connectivity index (χ1v) is 7.93. The van der Waals surface area contributed by atoms with Crippen LogP contribution in [0.1, 0.15) is 12.8 Å². The fraction of sp³-hybridized carbons (Fsp3) is 0.312. The number of nitrogens with one attached hydrogen (secondary N) is 2. The van der Waals surface area contributed by atoms with E-state index in [1.807, 2.05) is 18.2 Å². The van der Waals surface area contributed by atoms with Crippen LogP contribution in [-0.4, -0.2) is 35.8 Å². The maximum Gasteiger partial charge on any atom is 0.221 e. The summed E-state index contributed by atoms with van der Waals surface area (Å²) in [7, 11) is 1.57. The fourth-order valence-corrected chi connectivity index (χ4v) is 2.78. The number of amides is 1. The van der Waals surface area contributed by atoms with Crippen molar-refractivity contribution in [3.63, 3.8) is 0 Å². The summed E-state index contributed by atoms with van der Waals surface area (Å²) in [6, 6.07) is 5.58. The van der Waals surface area contributed by atoms with Gasteiger partial charge in [0.2, 0.25) is 11.8 Å². The van der Waals surface area contributed by atoms with E-state index >= 15 is 0 Å². The standard InChI is InChI=1S/C16H18N4O3S/c1-22-13-7-11-9(6-12(13)20-16(17)24)4-5-18-15(11)23-8-10-2-3-14(21)19-10/h4-7,10H,2-3,8H2,1H3,(H,19,21)(H3,17,20,24)/t10-/m0/s1. The highest BCUT2D eigenvalue weighted by molar-refractivity contribution is 7.80. The lowest BCUT2D eigenvalue weighted by Crippen LogP contribution is -2.31. The van der Waals surface area contributed by atoms with Gasteiger partial charge in [0, 0.05) is 18.0 Å². The Labute approximate surface area is 144 Å². The zero-order valence-corrected chi connectivity index (χ0v) is 14.0. The average molecular weight is 346 g/mol. The Morgan fingerprint density at radius 1 is 1.54 bits per heavy atom. The van der Waals surface area contributed by atoms with Crippen molar-refractivity contribution in [2.75, 3.05) is 19.0 Å². The van der Waals surface area contributed by atoms with Gasteiger partial charge in [0.15, 0.2) is 5.11 Å². The normalized spacial score (nSPS) is 16.7. The number of pyridine rings is 1. The summed E-state index contributed by atoms with van der Waals surface area (Å²) >= 11 is 4.89. The van der Waals surface area contributed by atoms with Crippen molar-refractivity contribution >= 4 is 39.7 Å². The van der Waals surface area contributed by atoms with Crippen molar-refractivity contribution in [2.24, 2.45) is 5.73 Å². The highest BCUT2D eigenvalue weighted by Gasteiger charge is 2.21. The third kappa shape index (κ3) is 3.48. The lowest BCUT2D eigenvalue weighted by Gasteiger charge is -2.15. The molecule has 1 aliphatic heterocycles. The maximum atomic E-state index is 11.3. The number of nitrogens with zero attached hydrogens (tertiary/aromatic N) is 1. The van der Waals surface area contributed by atoms with Crippen molar-refractivity contribution in [1.82, 2.24) is 10.3 Å². The number of rotatable bonds is 5. The first-order chi connectivity index (χ1) is 11.6. The fourth-order valence-electron chi connectivity index (χ4n) is 2.67. The number of carbonyl (C=O) groups is 1. The molecule has 1 aliphatic rings. The van der Waals surface area contributed by atoms with E-state index in [9.17, 15) is 4.79 Å². The number of hydrogen-bond donors (Lipinski definition) is 3. The van der Waals surface area contributed by atoms with Crippen LogP contribution in [-0.2, 0) is 4.79 Å². The Morgan fingerprint density at radius 3 is 3.04 bits per heavy atom. The van der Waals surface area contributed by atoms with Gasteiger partial charge < -0.3 is 25.8 Å². The third-order valence-corrected chi connectivity index (χ3v) is 3.91. The predicted molar refractivity (Wildman–Crippen MR) is 95.4 cm³/mol. The molecule has 1 amide bonds. The molecule has 1 atom stereocenters. The van der Waals surface area contributed by atoms with Crippen LogP contribution in [0.4, 0.5) is 5.69 Å². The highest BCUT2D eigenvalue weighted by atomic mass is 32.1. The average Bonchev–Trinajstić information content (AvgIpc) is 2.97. The lowest BCUT2D eigenvalue weighted by atomic mass is 10.1. The minimum Gasteiger partial charge on any atom is -0.495 e. The molecule has 8 heteroatoms. The second kappa shape index (κ2) is 6.88. The van der Waals surface area contributed by atoms with Gasteiger partial charge in [-0.1, -0.05) is 0 Å². The molecule has 3 rings (SSSR count). The Morgan fingerprint density at radius 2 is 2.38 bits per heavy atom. The number of fused-ring (bicyclic) bond motifs is 1. The van der Waals surface area contributed by atoms with E-state index in [-0.39, 0.29) is 17.1 Å². The van der Waals surface area contributed by atoms with Crippen molar-refractivity contribution in [2.45, 2.75) is 18.9 Å². The molecule has 0 spiro atoms. The summed E-state index contributed by atoms with van der Waals surface area (Å²) in [5.41, 5.74) is 6.22. The summed E-state index contributed by atoms with van der Waals surface area (Å²) in [6.45, 7) is 0.382. The van der Waals surface area contributed by atoms with Crippen LogP contribution < -0.4 is 25.8 Å². The molecule has 1 fully saturated rings. The number of anilines is 1. The van der Waals surface area contributed by atoms with E-state index in [1.165, 1.54) is 0 Å². The number of nitrogens with two attached hydrogens (primary N) is 1. The molecule has 0 bridgehead atoms. The third-order valence-electron chi connectivity index (χ3n) is 3.81. The monoisotopic (exact) mass is 346 g/mol. The van der Waals surface area contributed by atoms with E-state index < -0.39 is 0 Å². The van der Waals surface area contributed by atoms with Crippen LogP contribution >= 0.6 is 12.2 Å². The molecule has 7 nitrogen and oxygen atoms in total. The van der Waals surface area contributed by atoms with Gasteiger partial charge in [-0.3, -0.25) is 4.79 Å². The van der Waals surface area contributed by atoms with Crippen LogP contribution in [0.2, 0.25) is 0 Å². The molecule has 2 heterocycles. The SMILES string of the molecule is COc1cc2c(OC[C@@H]3CCC(=O)N3)nccc2cc1NC(N)=S. The smallest absolute Gasteiger partial charge is 0.221 e. The number of methoxy groups -OCH3 is 1. The lowest BCUT2D eigenvalue weighted by molar-refractivity contribution is -0.119. The highest BCUT2D eigenvalue weighted by Crippen LogP contribution is 2.34. The quantitative estimate of drug-likeness (QED) is 0.707. The molecule has 1 aromatic carbocycles. The second-order valence-electron chi connectivity index (χ2n) is 5.49. The van der Waals surface area contributed by atoms with E-state index in [0.717, 1.165) is 17.2 Å². The maximum absolute atomic E-state index is 11.3. The van der Waals surface area contributed by atoms with Crippen LogP contribution in [0.5, 0.6) is 11.6 Å². The van der Waals surface area contributed by atoms with E-state index in [1.54, 1.807) is 13.3 Å². The van der Waals surface area contributed by atoms with Gasteiger partial charge in [0.05, 0.1) is 18.8 Å². The van der Waals surface area contributed by atoms with Crippen LogP contribution in [0.25, 0.3) is 10.8 Å². The van der Waals surface area contributed by atoms with E-state index in [0.29, 0.717) is 30.3 Å². The summed E-state index contributed by atoms with van der Waals surface area (Å²) < 4.78 is 11.2. The molecule has 0 unspecified atom stereocenters. The molecule has 0 saturated carbocycles. The van der Waals surface area contributed by atoms with Gasteiger partial charge in [-0.2, -0.15) is 0 Å². The molecular formula is C16H18N4O3S. The molecule has 1 saturated heterocycles. The summed E-state index contributed by atoms with van der Waals surface area (Å²) in [6.07, 6.45) is 2.98. The van der Waals surface area contributed by atoms with Gasteiger partial charge in [-0.05, 0) is 42.2 Å². The molecule has 2 aromatic rings. The largest absolute Gasteiger partial charge is 0.495 e. The van der Waals surface area contributed by atoms with Gasteiger partial charge in [-0.25, -0.2) is 4.98 Å². The van der Waals surface area contributed by atoms with E-state index in [2.05, 4.69) is 15.6 Å². The Balaban J connectivity index is 1.88. The number of hydrogen-bond acceptors (Lipinski definition) is 5. The Hall–Kier alpha value is -2.61. The Kier molecular flexibility index (Phi) is 4.66. The summed E-state index contributed by atoms with van der Waals surface area (Å²) in [5, 5.41) is 7.65. The summed E-state index contributed by atoms with van der Waals surface area (Å²) in [5.74, 6) is 1.14. The molecule has 1 aromatic heterocycles. The zero-order valence-electron chi connectivity index (χ0n) is 13.2. The van der Waals surface area contributed by atoms with Gasteiger partial charge >= 0.3 is 0 Å². The van der Waals surface area contributed by atoms with Gasteiger partial charge in [0.1, 0.15) is 12.4 Å². The molecule has 24 heavy (non-hydrogen) atoms. The van der Waals surface area contributed by atoms with Gasteiger partial charge in [-0.15, -0.1) is 0 Å². The number of thiocarbonyl (C=S) groups is 1. The topological polar surface area (TPSA) is 98.5 Å². The van der Waals surface area contributed by atoms with Crippen molar-refractivity contribution in [1.29, 1.82) is 0 Å². The molecule has 126 valence electrons. The minimum absolute atomic E-state index is 0.0204. The first-order valence-electron chi connectivity index (χ1n) is 7.52. The summed E-state index contributed by atoms with van der Waals surface area (Å²) in [4.78, 5) is 15.6. The molecule has 4 N–H and O–H groups in total. The van der Waals surface area contributed by atoms with E-state index in [4.69, 9.17) is 27.4 Å². The number of aromatic nitrogens is 1. The zero-order chi connectivity index (χ0) is 17.1. The van der Waals surface area contributed by atoms with Gasteiger partial charge in [0.25, 0.3) is 0 Å². The first kappa shape index (κ1) is 16.3. The number of ether oxygens (including phenoxy) is 2. The van der Waals surface area contributed by atoms with Crippen molar-refractivity contribution in [3.8, 4) is 11.6 Å². The molecule has 0 radical (unpaired) electrons. The van der Waals surface area contributed by atoms with Crippen LogP contribution in [0.15, 0.2) is 24.4 Å². The minimum atomic E-state index is 0.0204. The molecule has 0 aliphatic carbocycles. The second-order valence-corrected chi connectivity index (χ2v) is 5.93. The predicted octanol–water partition coefficient (Wildman–Crippen LogP) is 1.56.